The van der Waals surface area contributed by atoms with Gasteiger partial charge in [-0.15, -0.1) is 0 Å². The standard InChI is InChI=1S/C14H20N2O3/c1-10(2)11(3)15-16-14(17)9-19-13-8-6-5-7-12(13)18-4/h5-8,10H,9H2,1-4H3,(H,16,17)/b15-11+. The third kappa shape index (κ3) is 4.99. The fourth-order valence-electron chi connectivity index (χ4n) is 1.19. The molecule has 0 saturated heterocycles. The van der Waals surface area contributed by atoms with Gasteiger partial charge in [-0.3, -0.25) is 4.79 Å². The molecule has 0 saturated carbocycles. The van der Waals surface area contributed by atoms with Crippen molar-refractivity contribution in [1.82, 2.24) is 5.43 Å². The number of para-hydroxylation sites is 2. The van der Waals surface area contributed by atoms with Gasteiger partial charge in [-0.05, 0) is 25.0 Å². The lowest BCUT2D eigenvalue weighted by molar-refractivity contribution is -0.123. The van der Waals surface area contributed by atoms with Crippen LogP contribution in [0.3, 0.4) is 0 Å². The van der Waals surface area contributed by atoms with Crippen LogP contribution in [-0.2, 0) is 4.79 Å². The fourth-order valence-corrected chi connectivity index (χ4v) is 1.19. The van der Waals surface area contributed by atoms with Crippen molar-refractivity contribution in [2.45, 2.75) is 20.8 Å². The molecule has 0 bridgehead atoms. The quantitative estimate of drug-likeness (QED) is 0.633. The molecule has 19 heavy (non-hydrogen) atoms. The zero-order valence-corrected chi connectivity index (χ0v) is 11.8. The molecular weight excluding hydrogens is 244 g/mol. The molecule has 104 valence electrons. The molecule has 0 heterocycles. The molecule has 1 N–H and O–H groups in total. The number of hydrogen-bond donors (Lipinski definition) is 1. The van der Waals surface area contributed by atoms with Crippen LogP contribution in [0.5, 0.6) is 11.5 Å². The van der Waals surface area contributed by atoms with Crippen molar-refractivity contribution < 1.29 is 14.3 Å². The van der Waals surface area contributed by atoms with Gasteiger partial charge in [-0.25, -0.2) is 5.43 Å². The van der Waals surface area contributed by atoms with E-state index in [1.54, 1.807) is 19.2 Å². The zero-order chi connectivity index (χ0) is 14.3. The first kappa shape index (κ1) is 15.0. The zero-order valence-electron chi connectivity index (χ0n) is 11.8. The van der Waals surface area contributed by atoms with Crippen LogP contribution in [0.25, 0.3) is 0 Å². The van der Waals surface area contributed by atoms with Gasteiger partial charge in [0.05, 0.1) is 7.11 Å². The normalized spacial score (nSPS) is 11.3. The predicted molar refractivity (Wildman–Crippen MR) is 74.6 cm³/mol. The molecule has 5 heteroatoms. The largest absolute Gasteiger partial charge is 0.493 e. The van der Waals surface area contributed by atoms with E-state index in [-0.39, 0.29) is 12.5 Å². The minimum atomic E-state index is -0.300. The van der Waals surface area contributed by atoms with Gasteiger partial charge in [-0.1, -0.05) is 26.0 Å². The highest BCUT2D eigenvalue weighted by atomic mass is 16.5. The summed E-state index contributed by atoms with van der Waals surface area (Å²) in [5, 5.41) is 3.98. The van der Waals surface area contributed by atoms with Crippen molar-refractivity contribution in [3.63, 3.8) is 0 Å². The molecule has 1 rings (SSSR count). The number of rotatable bonds is 6. The van der Waals surface area contributed by atoms with Gasteiger partial charge in [0.15, 0.2) is 18.1 Å². The van der Waals surface area contributed by atoms with Crippen molar-refractivity contribution in [1.29, 1.82) is 0 Å². The van der Waals surface area contributed by atoms with Gasteiger partial charge in [0.1, 0.15) is 0 Å². The predicted octanol–water partition coefficient (Wildman–Crippen LogP) is 2.22. The van der Waals surface area contributed by atoms with E-state index in [0.29, 0.717) is 17.4 Å². The average Bonchev–Trinajstić information content (AvgIpc) is 2.42. The maximum absolute atomic E-state index is 11.6. The van der Waals surface area contributed by atoms with Crippen molar-refractivity contribution in [2.75, 3.05) is 13.7 Å². The molecule has 0 aromatic heterocycles. The van der Waals surface area contributed by atoms with E-state index >= 15 is 0 Å². The maximum Gasteiger partial charge on any atom is 0.277 e. The Bertz CT molecular complexity index is 456. The highest BCUT2D eigenvalue weighted by molar-refractivity contribution is 5.86. The third-order valence-electron chi connectivity index (χ3n) is 2.62. The molecule has 1 amide bonds. The number of nitrogens with one attached hydrogen (secondary N) is 1. The Morgan fingerprint density at radius 3 is 2.53 bits per heavy atom. The van der Waals surface area contributed by atoms with Gasteiger partial charge in [0, 0.05) is 5.71 Å². The maximum atomic E-state index is 11.6. The van der Waals surface area contributed by atoms with Crippen molar-refractivity contribution >= 4 is 11.6 Å². The Hall–Kier alpha value is -2.04. The van der Waals surface area contributed by atoms with Crippen LogP contribution in [0.4, 0.5) is 0 Å². The molecule has 0 fully saturated rings. The second kappa shape index (κ2) is 7.41. The number of amides is 1. The summed E-state index contributed by atoms with van der Waals surface area (Å²) in [4.78, 5) is 11.6. The minimum Gasteiger partial charge on any atom is -0.493 e. The van der Waals surface area contributed by atoms with Crippen molar-refractivity contribution in [3.05, 3.63) is 24.3 Å². The summed E-state index contributed by atoms with van der Waals surface area (Å²) in [5.74, 6) is 1.13. The lowest BCUT2D eigenvalue weighted by Crippen LogP contribution is -2.26. The Kier molecular flexibility index (Phi) is 5.85. The fraction of sp³-hybridized carbons (Fsp3) is 0.429. The summed E-state index contributed by atoms with van der Waals surface area (Å²) in [5.41, 5.74) is 3.32. The van der Waals surface area contributed by atoms with Gasteiger partial charge < -0.3 is 9.47 Å². The Morgan fingerprint density at radius 2 is 1.95 bits per heavy atom. The van der Waals surface area contributed by atoms with E-state index in [9.17, 15) is 4.79 Å². The number of carbonyl (C=O) groups is 1. The Labute approximate surface area is 113 Å². The van der Waals surface area contributed by atoms with Crippen LogP contribution in [0.2, 0.25) is 0 Å². The van der Waals surface area contributed by atoms with Crippen LogP contribution < -0.4 is 14.9 Å². The first-order valence-electron chi connectivity index (χ1n) is 6.13. The number of benzene rings is 1. The first-order chi connectivity index (χ1) is 9.04. The number of methoxy groups -OCH3 is 1. The van der Waals surface area contributed by atoms with Crippen LogP contribution in [-0.4, -0.2) is 25.3 Å². The number of carbonyl (C=O) groups excluding carboxylic acids is 1. The van der Waals surface area contributed by atoms with Gasteiger partial charge in [0.25, 0.3) is 5.91 Å². The van der Waals surface area contributed by atoms with Crippen molar-refractivity contribution in [2.24, 2.45) is 11.0 Å². The minimum absolute atomic E-state index is 0.102. The molecule has 0 unspecified atom stereocenters. The van der Waals surface area contributed by atoms with Gasteiger partial charge in [0.2, 0.25) is 0 Å². The molecular formula is C14H20N2O3. The monoisotopic (exact) mass is 264 g/mol. The molecule has 0 aliphatic carbocycles. The Morgan fingerprint density at radius 1 is 1.32 bits per heavy atom. The molecule has 0 atom stereocenters. The first-order valence-corrected chi connectivity index (χ1v) is 6.13. The van der Waals surface area contributed by atoms with Crippen LogP contribution in [0.15, 0.2) is 29.4 Å². The lowest BCUT2D eigenvalue weighted by atomic mass is 10.1. The molecule has 0 spiro atoms. The second-order valence-corrected chi connectivity index (χ2v) is 4.38. The summed E-state index contributed by atoms with van der Waals surface area (Å²) in [6.07, 6.45) is 0. The molecule has 5 nitrogen and oxygen atoms in total. The number of hydrazone groups is 1. The summed E-state index contributed by atoms with van der Waals surface area (Å²) in [6.45, 7) is 5.79. The van der Waals surface area contributed by atoms with Crippen LogP contribution in [0.1, 0.15) is 20.8 Å². The summed E-state index contributed by atoms with van der Waals surface area (Å²) >= 11 is 0. The Balaban J connectivity index is 2.48. The third-order valence-corrected chi connectivity index (χ3v) is 2.62. The summed E-state index contributed by atoms with van der Waals surface area (Å²) in [7, 11) is 1.55. The summed E-state index contributed by atoms with van der Waals surface area (Å²) in [6, 6.07) is 7.17. The van der Waals surface area contributed by atoms with Crippen molar-refractivity contribution in [3.8, 4) is 11.5 Å². The van der Waals surface area contributed by atoms with Crippen LogP contribution in [0, 0.1) is 5.92 Å². The van der Waals surface area contributed by atoms with E-state index < -0.39 is 0 Å². The molecule has 0 aliphatic heterocycles. The highest BCUT2D eigenvalue weighted by Gasteiger charge is 2.06. The number of hydrogen-bond acceptors (Lipinski definition) is 4. The topological polar surface area (TPSA) is 59.9 Å². The van der Waals surface area contributed by atoms with Crippen LogP contribution >= 0.6 is 0 Å². The van der Waals surface area contributed by atoms with E-state index in [1.165, 1.54) is 0 Å². The van der Waals surface area contributed by atoms with E-state index in [2.05, 4.69) is 10.5 Å². The average molecular weight is 264 g/mol. The SMILES string of the molecule is COc1ccccc1OCC(=O)N/N=C(\C)C(C)C. The van der Waals surface area contributed by atoms with E-state index in [4.69, 9.17) is 9.47 Å². The number of ether oxygens (including phenoxy) is 2. The second-order valence-electron chi connectivity index (χ2n) is 4.38. The summed E-state index contributed by atoms with van der Waals surface area (Å²) < 4.78 is 10.5. The molecule has 1 aromatic rings. The van der Waals surface area contributed by atoms with E-state index in [0.717, 1.165) is 5.71 Å². The van der Waals surface area contributed by atoms with E-state index in [1.807, 2.05) is 32.9 Å². The number of nitrogens with zero attached hydrogens (tertiary/aromatic N) is 1. The van der Waals surface area contributed by atoms with Gasteiger partial charge >= 0.3 is 0 Å². The molecule has 0 radical (unpaired) electrons. The molecule has 1 aromatic carbocycles. The van der Waals surface area contributed by atoms with Gasteiger partial charge in [-0.2, -0.15) is 5.10 Å². The highest BCUT2D eigenvalue weighted by Crippen LogP contribution is 2.25. The molecule has 0 aliphatic rings. The smallest absolute Gasteiger partial charge is 0.277 e. The lowest BCUT2D eigenvalue weighted by Gasteiger charge is -2.09.